The number of halogens is 1. The van der Waals surface area contributed by atoms with E-state index in [-0.39, 0.29) is 6.54 Å². The summed E-state index contributed by atoms with van der Waals surface area (Å²) in [6.07, 6.45) is 3.06. The van der Waals surface area contributed by atoms with Gasteiger partial charge in [-0.15, -0.1) is 0 Å². The van der Waals surface area contributed by atoms with E-state index in [4.69, 9.17) is 9.84 Å². The molecule has 0 fully saturated rings. The standard InChI is InChI=1S/C12H11BrN2O3/c13-11-4-2-1-3-9(11)8-18-10-5-14-15(6-10)7-12(16)17/h1-6H,7-8H2,(H,16,17). The van der Waals surface area contributed by atoms with Crippen LogP contribution in [0.2, 0.25) is 0 Å². The predicted octanol–water partition coefficient (Wildman–Crippen LogP) is 2.31. The number of aliphatic carboxylic acids is 1. The lowest BCUT2D eigenvalue weighted by atomic mass is 10.2. The molecule has 0 saturated carbocycles. The molecule has 0 radical (unpaired) electrons. The maximum absolute atomic E-state index is 10.5. The first-order valence-electron chi connectivity index (χ1n) is 5.25. The Bertz CT molecular complexity index is 554. The maximum atomic E-state index is 10.5. The second kappa shape index (κ2) is 5.68. The van der Waals surface area contributed by atoms with E-state index < -0.39 is 5.97 Å². The van der Waals surface area contributed by atoms with Crippen LogP contribution < -0.4 is 4.74 Å². The molecule has 0 aliphatic carbocycles. The number of rotatable bonds is 5. The zero-order valence-electron chi connectivity index (χ0n) is 9.41. The van der Waals surface area contributed by atoms with Gasteiger partial charge in [0.2, 0.25) is 0 Å². The van der Waals surface area contributed by atoms with Crippen molar-refractivity contribution >= 4 is 21.9 Å². The van der Waals surface area contributed by atoms with Gasteiger partial charge in [-0.2, -0.15) is 5.10 Å². The number of carbonyl (C=O) groups is 1. The third-order valence-corrected chi connectivity index (χ3v) is 3.03. The zero-order valence-corrected chi connectivity index (χ0v) is 11.0. The first-order valence-corrected chi connectivity index (χ1v) is 6.05. The van der Waals surface area contributed by atoms with Crippen molar-refractivity contribution in [1.29, 1.82) is 0 Å². The fourth-order valence-corrected chi connectivity index (χ4v) is 1.82. The lowest BCUT2D eigenvalue weighted by Gasteiger charge is -2.05. The second-order valence-electron chi connectivity index (χ2n) is 3.65. The lowest BCUT2D eigenvalue weighted by Crippen LogP contribution is -2.08. The van der Waals surface area contributed by atoms with Crippen molar-refractivity contribution in [2.45, 2.75) is 13.2 Å². The highest BCUT2D eigenvalue weighted by molar-refractivity contribution is 9.10. The van der Waals surface area contributed by atoms with Gasteiger partial charge in [0.25, 0.3) is 0 Å². The van der Waals surface area contributed by atoms with Crippen LogP contribution in [-0.4, -0.2) is 20.9 Å². The molecule has 0 unspecified atom stereocenters. The summed E-state index contributed by atoms with van der Waals surface area (Å²) in [6, 6.07) is 7.74. The van der Waals surface area contributed by atoms with Gasteiger partial charge < -0.3 is 9.84 Å². The fourth-order valence-electron chi connectivity index (χ4n) is 1.42. The monoisotopic (exact) mass is 310 g/mol. The Labute approximate surface area is 112 Å². The van der Waals surface area contributed by atoms with Gasteiger partial charge in [0.05, 0.1) is 12.4 Å². The summed E-state index contributed by atoms with van der Waals surface area (Å²) in [6.45, 7) is 0.235. The van der Waals surface area contributed by atoms with Gasteiger partial charge in [-0.1, -0.05) is 34.1 Å². The molecule has 94 valence electrons. The predicted molar refractivity (Wildman–Crippen MR) is 68.3 cm³/mol. The summed E-state index contributed by atoms with van der Waals surface area (Å²) in [5.74, 6) is -0.387. The van der Waals surface area contributed by atoms with Gasteiger partial charge in [0, 0.05) is 10.0 Å². The average molecular weight is 311 g/mol. The van der Waals surface area contributed by atoms with Crippen LogP contribution >= 0.6 is 15.9 Å². The molecule has 6 heteroatoms. The van der Waals surface area contributed by atoms with Crippen LogP contribution in [0.1, 0.15) is 5.56 Å². The van der Waals surface area contributed by atoms with E-state index in [1.165, 1.54) is 10.9 Å². The van der Waals surface area contributed by atoms with Crippen LogP contribution in [0.5, 0.6) is 5.75 Å². The van der Waals surface area contributed by atoms with E-state index in [0.29, 0.717) is 12.4 Å². The third-order valence-electron chi connectivity index (χ3n) is 2.26. The molecule has 2 aromatic rings. The third kappa shape index (κ3) is 3.33. The highest BCUT2D eigenvalue weighted by atomic mass is 79.9. The van der Waals surface area contributed by atoms with Crippen LogP contribution in [0.3, 0.4) is 0 Å². The van der Waals surface area contributed by atoms with Gasteiger partial charge in [0.15, 0.2) is 5.75 Å². The molecule has 1 heterocycles. The smallest absolute Gasteiger partial charge is 0.325 e. The first kappa shape index (κ1) is 12.6. The molecule has 0 aliphatic heterocycles. The minimum atomic E-state index is -0.935. The Morgan fingerprint density at radius 1 is 1.44 bits per heavy atom. The SMILES string of the molecule is O=C(O)Cn1cc(OCc2ccccc2Br)cn1. The van der Waals surface area contributed by atoms with Gasteiger partial charge >= 0.3 is 5.97 Å². The number of nitrogens with zero attached hydrogens (tertiary/aromatic N) is 2. The molecule has 18 heavy (non-hydrogen) atoms. The van der Waals surface area contributed by atoms with Crippen molar-refractivity contribution in [1.82, 2.24) is 9.78 Å². The van der Waals surface area contributed by atoms with Crippen LogP contribution in [0.4, 0.5) is 0 Å². The molecule has 0 saturated heterocycles. The molecular formula is C12H11BrN2O3. The van der Waals surface area contributed by atoms with Crippen LogP contribution in [0.25, 0.3) is 0 Å². The summed E-state index contributed by atoms with van der Waals surface area (Å²) in [5.41, 5.74) is 1.02. The Balaban J connectivity index is 1.96. The van der Waals surface area contributed by atoms with Crippen molar-refractivity contribution in [2.24, 2.45) is 0 Å². The summed E-state index contributed by atoms with van der Waals surface area (Å²) < 4.78 is 7.82. The molecule has 2 rings (SSSR count). The average Bonchev–Trinajstić information content (AvgIpc) is 2.75. The Hall–Kier alpha value is -1.82. The molecule has 1 aromatic heterocycles. The van der Waals surface area contributed by atoms with Gasteiger partial charge in [-0.3, -0.25) is 9.48 Å². The summed E-state index contributed by atoms with van der Waals surface area (Å²) in [4.78, 5) is 10.5. The molecule has 1 aromatic carbocycles. The highest BCUT2D eigenvalue weighted by Gasteiger charge is 2.04. The first-order chi connectivity index (χ1) is 8.65. The molecule has 5 nitrogen and oxygen atoms in total. The number of ether oxygens (including phenoxy) is 1. The molecule has 0 aliphatic rings. The van der Waals surface area contributed by atoms with Gasteiger partial charge in [-0.05, 0) is 6.07 Å². The summed E-state index contributed by atoms with van der Waals surface area (Å²) in [7, 11) is 0. The molecule has 0 spiro atoms. The van der Waals surface area contributed by atoms with Crippen molar-refractivity contribution in [3.63, 3.8) is 0 Å². The van der Waals surface area contributed by atoms with E-state index in [1.54, 1.807) is 6.20 Å². The molecule has 0 amide bonds. The maximum Gasteiger partial charge on any atom is 0.325 e. The minimum Gasteiger partial charge on any atom is -0.486 e. The normalized spacial score (nSPS) is 10.3. The molecule has 1 N–H and O–H groups in total. The molecule has 0 atom stereocenters. The van der Waals surface area contributed by atoms with Crippen molar-refractivity contribution in [2.75, 3.05) is 0 Å². The Morgan fingerprint density at radius 2 is 2.22 bits per heavy atom. The number of carboxylic acids is 1. The minimum absolute atomic E-state index is 0.168. The summed E-state index contributed by atoms with van der Waals surface area (Å²) in [5, 5.41) is 12.5. The highest BCUT2D eigenvalue weighted by Crippen LogP contribution is 2.18. The number of hydrogen-bond donors (Lipinski definition) is 1. The topological polar surface area (TPSA) is 64.3 Å². The van der Waals surface area contributed by atoms with Crippen molar-refractivity contribution in [3.05, 3.63) is 46.7 Å². The Kier molecular flexibility index (Phi) is 3.99. The van der Waals surface area contributed by atoms with Crippen molar-refractivity contribution < 1.29 is 14.6 Å². The quantitative estimate of drug-likeness (QED) is 0.920. The second-order valence-corrected chi connectivity index (χ2v) is 4.50. The number of benzene rings is 1. The largest absolute Gasteiger partial charge is 0.486 e. The van der Waals surface area contributed by atoms with E-state index in [9.17, 15) is 4.79 Å². The van der Waals surface area contributed by atoms with Crippen LogP contribution in [0, 0.1) is 0 Å². The number of hydrogen-bond acceptors (Lipinski definition) is 3. The van der Waals surface area contributed by atoms with Gasteiger partial charge in [0.1, 0.15) is 13.2 Å². The zero-order chi connectivity index (χ0) is 13.0. The van der Waals surface area contributed by atoms with Crippen molar-refractivity contribution in [3.8, 4) is 5.75 Å². The van der Waals surface area contributed by atoms with Crippen LogP contribution in [0.15, 0.2) is 41.1 Å². The molecule has 0 bridgehead atoms. The molecular weight excluding hydrogens is 300 g/mol. The van der Waals surface area contributed by atoms with E-state index in [0.717, 1.165) is 10.0 Å². The van der Waals surface area contributed by atoms with E-state index >= 15 is 0 Å². The Morgan fingerprint density at radius 3 is 2.94 bits per heavy atom. The number of aromatic nitrogens is 2. The summed E-state index contributed by atoms with van der Waals surface area (Å²) >= 11 is 3.43. The fraction of sp³-hybridized carbons (Fsp3) is 0.167. The number of carboxylic acid groups (broad SMARTS) is 1. The van der Waals surface area contributed by atoms with E-state index in [1.807, 2.05) is 24.3 Å². The lowest BCUT2D eigenvalue weighted by molar-refractivity contribution is -0.137. The van der Waals surface area contributed by atoms with Crippen LogP contribution in [-0.2, 0) is 17.9 Å². The van der Waals surface area contributed by atoms with E-state index in [2.05, 4.69) is 21.0 Å². The van der Waals surface area contributed by atoms with Gasteiger partial charge in [-0.25, -0.2) is 0 Å².